The number of pyridine rings is 1. The lowest BCUT2D eigenvalue weighted by atomic mass is 10.0. The van der Waals surface area contributed by atoms with Crippen LogP contribution in [0.25, 0.3) is 11.0 Å². The van der Waals surface area contributed by atoms with Gasteiger partial charge < -0.3 is 15.1 Å². The molecule has 0 atom stereocenters. The number of nitrogens with one attached hydrogen (secondary N) is 1. The lowest BCUT2D eigenvalue weighted by Gasteiger charge is -2.35. The average Bonchev–Trinajstić information content (AvgIpc) is 3.18. The molecule has 1 saturated heterocycles. The molecule has 3 heterocycles. The second kappa shape index (κ2) is 9.08. The number of carbonyl (C=O) groups excluding carboxylic acids is 1. The molecule has 2 aromatic heterocycles. The van der Waals surface area contributed by atoms with Crippen molar-refractivity contribution in [3.63, 3.8) is 0 Å². The molecule has 0 radical (unpaired) electrons. The van der Waals surface area contributed by atoms with Crippen LogP contribution in [0.15, 0.2) is 30.5 Å². The van der Waals surface area contributed by atoms with Crippen LogP contribution in [0.4, 0.5) is 11.4 Å². The van der Waals surface area contributed by atoms with Gasteiger partial charge in [-0.2, -0.15) is 5.10 Å². The van der Waals surface area contributed by atoms with Crippen LogP contribution < -0.4 is 10.2 Å². The van der Waals surface area contributed by atoms with Crippen LogP contribution in [0.1, 0.15) is 55.7 Å². The summed E-state index contributed by atoms with van der Waals surface area (Å²) in [6.07, 6.45) is 1.74. The highest BCUT2D eigenvalue weighted by molar-refractivity contribution is 6.31. The number of likely N-dealkylation sites (N-methyl/N-ethyl adjacent to an activating group) is 1. The van der Waals surface area contributed by atoms with E-state index in [9.17, 15) is 4.79 Å². The van der Waals surface area contributed by atoms with E-state index in [-0.39, 0.29) is 17.9 Å². The third kappa shape index (κ3) is 4.45. The Labute approximate surface area is 194 Å². The van der Waals surface area contributed by atoms with Crippen LogP contribution in [0, 0.1) is 0 Å². The van der Waals surface area contributed by atoms with Crippen molar-refractivity contribution in [3.05, 3.63) is 46.7 Å². The number of benzene rings is 1. The molecule has 1 fully saturated rings. The molecule has 4 rings (SSSR count). The molecule has 0 unspecified atom stereocenters. The molecular formula is C24H31ClN6O. The highest BCUT2D eigenvalue weighted by Gasteiger charge is 2.22. The zero-order valence-electron chi connectivity index (χ0n) is 19.4. The first-order valence-electron chi connectivity index (χ1n) is 11.2. The molecule has 1 aliphatic rings. The van der Waals surface area contributed by atoms with Gasteiger partial charge in [0.2, 0.25) is 0 Å². The third-order valence-corrected chi connectivity index (χ3v) is 6.20. The first kappa shape index (κ1) is 22.6. The van der Waals surface area contributed by atoms with Crippen molar-refractivity contribution in [3.8, 4) is 0 Å². The van der Waals surface area contributed by atoms with Gasteiger partial charge in [-0.15, -0.1) is 0 Å². The second-order valence-electron chi connectivity index (χ2n) is 9.08. The zero-order chi connectivity index (χ0) is 23.0. The fourth-order valence-corrected chi connectivity index (χ4v) is 4.19. The molecule has 1 amide bonds. The normalized spacial score (nSPS) is 15.2. The van der Waals surface area contributed by atoms with Gasteiger partial charge in [0.05, 0.1) is 28.5 Å². The van der Waals surface area contributed by atoms with Crippen LogP contribution in [-0.2, 0) is 0 Å². The molecule has 3 aromatic rings. The Kier molecular flexibility index (Phi) is 6.40. The number of amides is 1. The van der Waals surface area contributed by atoms with Gasteiger partial charge in [0.15, 0.2) is 5.65 Å². The number of halogens is 1. The number of aromatic nitrogens is 3. The largest absolute Gasteiger partial charge is 0.367 e. The maximum absolute atomic E-state index is 13.5. The molecular weight excluding hydrogens is 424 g/mol. The number of anilines is 2. The Morgan fingerprint density at radius 2 is 1.81 bits per heavy atom. The summed E-state index contributed by atoms with van der Waals surface area (Å²) in [6.45, 7) is 12.0. The lowest BCUT2D eigenvalue weighted by Crippen LogP contribution is -2.44. The van der Waals surface area contributed by atoms with Gasteiger partial charge in [0.25, 0.3) is 5.91 Å². The summed E-state index contributed by atoms with van der Waals surface area (Å²) in [6, 6.07) is 7.72. The topological polar surface area (TPSA) is 66.3 Å². The number of rotatable bonds is 5. The molecule has 1 aliphatic heterocycles. The average molecular weight is 455 g/mol. The smallest absolute Gasteiger partial charge is 0.256 e. The van der Waals surface area contributed by atoms with Crippen molar-refractivity contribution in [2.24, 2.45) is 0 Å². The number of hydrogen-bond acceptors (Lipinski definition) is 5. The molecule has 32 heavy (non-hydrogen) atoms. The molecule has 170 valence electrons. The number of carbonyl (C=O) groups is 1. The van der Waals surface area contributed by atoms with Crippen LogP contribution >= 0.6 is 11.6 Å². The van der Waals surface area contributed by atoms with Gasteiger partial charge in [0, 0.05) is 42.9 Å². The summed E-state index contributed by atoms with van der Waals surface area (Å²) in [7, 11) is 2.13. The fourth-order valence-electron chi connectivity index (χ4n) is 4.02. The number of hydrogen-bond donors (Lipinski definition) is 1. The van der Waals surface area contributed by atoms with E-state index in [1.807, 2.05) is 28.9 Å². The van der Waals surface area contributed by atoms with Crippen molar-refractivity contribution in [2.75, 3.05) is 43.4 Å². The SMILES string of the molecule is CC(C)c1cc(C(=O)Nc2cc(Cl)ccc2N2CCN(C)CC2)c2cnn(C(C)C)c2n1. The van der Waals surface area contributed by atoms with Crippen LogP contribution in [0.3, 0.4) is 0 Å². The first-order chi connectivity index (χ1) is 15.2. The monoisotopic (exact) mass is 454 g/mol. The van der Waals surface area contributed by atoms with E-state index in [1.165, 1.54) is 0 Å². The Hall–Kier alpha value is -2.64. The summed E-state index contributed by atoms with van der Waals surface area (Å²) in [4.78, 5) is 22.9. The quantitative estimate of drug-likeness (QED) is 0.600. The van der Waals surface area contributed by atoms with E-state index in [2.05, 4.69) is 55.0 Å². The molecule has 0 aliphatic carbocycles. The first-order valence-corrected chi connectivity index (χ1v) is 11.5. The van der Waals surface area contributed by atoms with E-state index in [4.69, 9.17) is 16.6 Å². The number of nitrogens with zero attached hydrogens (tertiary/aromatic N) is 5. The van der Waals surface area contributed by atoms with Crippen molar-refractivity contribution < 1.29 is 4.79 Å². The van der Waals surface area contributed by atoms with Gasteiger partial charge >= 0.3 is 0 Å². The van der Waals surface area contributed by atoms with Gasteiger partial charge in [-0.25, -0.2) is 9.67 Å². The Morgan fingerprint density at radius 3 is 2.47 bits per heavy atom. The predicted octanol–water partition coefficient (Wildman–Crippen LogP) is 4.79. The molecule has 0 saturated carbocycles. The van der Waals surface area contributed by atoms with E-state index in [1.54, 1.807) is 6.20 Å². The van der Waals surface area contributed by atoms with Gasteiger partial charge in [-0.05, 0) is 51.1 Å². The minimum Gasteiger partial charge on any atom is -0.367 e. The van der Waals surface area contributed by atoms with E-state index >= 15 is 0 Å². The summed E-state index contributed by atoms with van der Waals surface area (Å²) in [5.41, 5.74) is 3.90. The summed E-state index contributed by atoms with van der Waals surface area (Å²) in [5, 5.41) is 8.97. The summed E-state index contributed by atoms with van der Waals surface area (Å²) in [5.74, 6) is 0.00813. The molecule has 7 nitrogen and oxygen atoms in total. The zero-order valence-corrected chi connectivity index (χ0v) is 20.1. The fraction of sp³-hybridized carbons (Fsp3) is 0.458. The molecule has 0 bridgehead atoms. The maximum atomic E-state index is 13.5. The molecule has 8 heteroatoms. The standard InChI is InChI=1S/C24H31ClN6O/c1-15(2)20-13-18(19-14-26-31(16(3)4)23(19)27-20)24(32)28-21-12-17(25)6-7-22(21)30-10-8-29(5)9-11-30/h6-7,12-16H,8-11H2,1-5H3,(H,28,32). The second-order valence-corrected chi connectivity index (χ2v) is 9.51. The van der Waals surface area contributed by atoms with Crippen molar-refractivity contribution in [1.82, 2.24) is 19.7 Å². The summed E-state index contributed by atoms with van der Waals surface area (Å²) >= 11 is 6.31. The minimum atomic E-state index is -0.180. The molecule has 1 aromatic carbocycles. The van der Waals surface area contributed by atoms with Crippen LogP contribution in [0.2, 0.25) is 5.02 Å². The highest BCUT2D eigenvalue weighted by atomic mass is 35.5. The van der Waals surface area contributed by atoms with E-state index in [0.717, 1.165) is 54.3 Å². The van der Waals surface area contributed by atoms with Crippen molar-refractivity contribution in [2.45, 2.75) is 39.7 Å². The van der Waals surface area contributed by atoms with E-state index < -0.39 is 0 Å². The predicted molar refractivity (Wildman–Crippen MR) is 131 cm³/mol. The lowest BCUT2D eigenvalue weighted by molar-refractivity contribution is 0.102. The third-order valence-electron chi connectivity index (χ3n) is 5.96. The Bertz CT molecular complexity index is 1130. The Balaban J connectivity index is 1.73. The molecule has 0 spiro atoms. The highest BCUT2D eigenvalue weighted by Crippen LogP contribution is 2.31. The van der Waals surface area contributed by atoms with Crippen molar-refractivity contribution in [1.29, 1.82) is 0 Å². The van der Waals surface area contributed by atoms with E-state index in [0.29, 0.717) is 10.6 Å². The summed E-state index contributed by atoms with van der Waals surface area (Å²) < 4.78 is 1.87. The maximum Gasteiger partial charge on any atom is 0.256 e. The Morgan fingerprint density at radius 1 is 1.09 bits per heavy atom. The van der Waals surface area contributed by atoms with Gasteiger partial charge in [-0.3, -0.25) is 4.79 Å². The molecule has 1 N–H and O–H groups in total. The van der Waals surface area contributed by atoms with Crippen molar-refractivity contribution >= 4 is 39.9 Å². The van der Waals surface area contributed by atoms with Gasteiger partial charge in [0.1, 0.15) is 0 Å². The minimum absolute atomic E-state index is 0.148. The number of piperazine rings is 1. The number of fused-ring (bicyclic) bond motifs is 1. The van der Waals surface area contributed by atoms with Crippen LogP contribution in [0.5, 0.6) is 0 Å². The van der Waals surface area contributed by atoms with Crippen LogP contribution in [-0.4, -0.2) is 58.8 Å². The van der Waals surface area contributed by atoms with Gasteiger partial charge in [-0.1, -0.05) is 25.4 Å².